The van der Waals surface area contributed by atoms with Gasteiger partial charge in [-0.1, -0.05) is 89.1 Å². The molecule has 2 amide bonds. The molecule has 0 saturated carbocycles. The molecule has 5 rings (SSSR count). The van der Waals surface area contributed by atoms with Gasteiger partial charge in [0, 0.05) is 87.1 Å². The number of anilines is 2. The molecule has 2 aliphatic rings. The third kappa shape index (κ3) is 9.90. The molecule has 286 valence electrons. The molecule has 9 nitrogen and oxygen atoms in total. The van der Waals surface area contributed by atoms with Gasteiger partial charge in [0.15, 0.2) is 5.60 Å². The number of carbonyl (C=O) groups is 3. The van der Waals surface area contributed by atoms with E-state index in [0.29, 0.717) is 45.1 Å². The molecule has 3 aromatic rings. The van der Waals surface area contributed by atoms with Crippen LogP contribution in [0.25, 0.3) is 0 Å². The van der Waals surface area contributed by atoms with Crippen LogP contribution in [-0.4, -0.2) is 91.9 Å². The lowest BCUT2D eigenvalue weighted by Gasteiger charge is -2.37. The quantitative estimate of drug-likeness (QED) is 0.0734. The molecule has 3 aromatic carbocycles. The maximum absolute atomic E-state index is 13.5. The highest BCUT2D eigenvalue weighted by atomic mass is 33.1. The van der Waals surface area contributed by atoms with E-state index in [-0.39, 0.29) is 11.8 Å². The van der Waals surface area contributed by atoms with Gasteiger partial charge in [-0.05, 0) is 71.4 Å². The summed E-state index contributed by atoms with van der Waals surface area (Å²) in [7, 11) is 15.5. The smallest absolute Gasteiger partial charge is 0.340 e. The average molecular weight is 797 g/mol. The number of ether oxygens (including phenoxy) is 2. The lowest BCUT2D eigenvalue weighted by atomic mass is 9.77. The minimum atomic E-state index is -1.26. The lowest BCUT2D eigenvalue weighted by molar-refractivity contribution is -0.124. The van der Waals surface area contributed by atoms with E-state index in [1.807, 2.05) is 91.7 Å². The van der Waals surface area contributed by atoms with E-state index in [1.165, 1.54) is 0 Å². The van der Waals surface area contributed by atoms with Crippen molar-refractivity contribution in [2.45, 2.75) is 46.1 Å². The number of hydrogen-bond donors (Lipinski definition) is 2. The van der Waals surface area contributed by atoms with Crippen molar-refractivity contribution in [2.75, 3.05) is 74.9 Å². The van der Waals surface area contributed by atoms with Crippen LogP contribution in [-0.2, 0) is 19.9 Å². The Kier molecular flexibility index (Phi) is 13.9. The van der Waals surface area contributed by atoms with Crippen molar-refractivity contribution in [1.82, 2.24) is 9.80 Å². The van der Waals surface area contributed by atoms with Gasteiger partial charge in [0.05, 0.1) is 5.56 Å². The molecule has 0 aromatic heterocycles. The number of amides is 2. The lowest BCUT2D eigenvalue weighted by Crippen LogP contribution is -2.34. The fourth-order valence-electron chi connectivity index (χ4n) is 5.93. The first kappa shape index (κ1) is 41.4. The van der Waals surface area contributed by atoms with E-state index in [0.717, 1.165) is 48.9 Å². The molecule has 53 heavy (non-hydrogen) atoms. The fraction of sp³-hybridized carbons (Fsp3) is 0.475. The number of hydrogen-bond acceptors (Lipinski definition) is 11. The van der Waals surface area contributed by atoms with Crippen molar-refractivity contribution in [3.05, 3.63) is 82.9 Å². The van der Waals surface area contributed by atoms with Crippen LogP contribution in [0.1, 0.15) is 67.6 Å². The van der Waals surface area contributed by atoms with Crippen molar-refractivity contribution in [1.29, 1.82) is 0 Å². The Morgan fingerprint density at radius 3 is 1.58 bits per heavy atom. The molecule has 2 aliphatic heterocycles. The molecule has 2 N–H and O–H groups in total. The van der Waals surface area contributed by atoms with Crippen molar-refractivity contribution < 1.29 is 23.9 Å². The summed E-state index contributed by atoms with van der Waals surface area (Å²) in [6, 6.07) is 18.4. The first-order valence-corrected chi connectivity index (χ1v) is 22.8. The summed E-state index contributed by atoms with van der Waals surface area (Å²) in [5, 5.41) is 6.21. The van der Waals surface area contributed by atoms with Crippen molar-refractivity contribution >= 4 is 72.3 Å². The normalized spacial score (nSPS) is 14.4. The molecule has 0 saturated heterocycles. The second-order valence-corrected chi connectivity index (χ2v) is 20.6. The van der Waals surface area contributed by atoms with Gasteiger partial charge in [-0.3, -0.25) is 9.59 Å². The van der Waals surface area contributed by atoms with Crippen LogP contribution >= 0.6 is 43.2 Å². The van der Waals surface area contributed by atoms with Gasteiger partial charge in [-0.25, -0.2) is 4.79 Å². The highest BCUT2D eigenvalue weighted by Gasteiger charge is 2.53. The van der Waals surface area contributed by atoms with Gasteiger partial charge in [0.1, 0.15) is 11.5 Å². The molecule has 0 aliphatic carbocycles. The Bertz CT molecular complexity index is 1700. The third-order valence-electron chi connectivity index (χ3n) is 9.49. The number of nitrogens with one attached hydrogen (secondary N) is 2. The number of carbonyl (C=O) groups excluding carboxylic acids is 3. The molecule has 2 heterocycles. The topological polar surface area (TPSA) is 100 Å². The van der Waals surface area contributed by atoms with E-state index in [2.05, 4.69) is 48.6 Å². The Hall–Kier alpha value is -2.81. The van der Waals surface area contributed by atoms with E-state index in [9.17, 15) is 14.4 Å². The molecule has 1 spiro atoms. The first-order chi connectivity index (χ1) is 25.1. The van der Waals surface area contributed by atoms with E-state index in [4.69, 9.17) is 9.47 Å². The van der Waals surface area contributed by atoms with Crippen LogP contribution in [0, 0.1) is 10.8 Å². The number of rotatable bonds is 18. The van der Waals surface area contributed by atoms with E-state index in [1.54, 1.807) is 39.8 Å². The summed E-state index contributed by atoms with van der Waals surface area (Å²) in [6.45, 7) is 9.88. The van der Waals surface area contributed by atoms with Crippen molar-refractivity contribution in [3.8, 4) is 11.5 Å². The Balaban J connectivity index is 1.35. The van der Waals surface area contributed by atoms with Gasteiger partial charge in [-0.15, -0.1) is 0 Å². The van der Waals surface area contributed by atoms with Gasteiger partial charge < -0.3 is 29.9 Å². The summed E-state index contributed by atoms with van der Waals surface area (Å²) in [4.78, 5) is 44.8. The van der Waals surface area contributed by atoms with Crippen LogP contribution in [0.15, 0.2) is 60.7 Å². The minimum absolute atomic E-state index is 0.0851. The SMILES string of the molecule is CN(C)CCSSCCC(C)(C)C(=O)Nc1ccc2c(c1)Oc1cc(NC(=O)C(C)(C)CCSSCCN(C)C)ccc1C21OC(=O)c2ccccc21. The summed E-state index contributed by atoms with van der Waals surface area (Å²) in [5.41, 5.74) is 1.23. The predicted octanol–water partition coefficient (Wildman–Crippen LogP) is 8.85. The number of esters is 1. The van der Waals surface area contributed by atoms with Gasteiger partial charge in [-0.2, -0.15) is 0 Å². The molecular formula is C40H52N4O5S4. The summed E-state index contributed by atoms with van der Waals surface area (Å²) in [6.07, 6.45) is 1.45. The number of fused-ring (bicyclic) bond motifs is 6. The van der Waals surface area contributed by atoms with Crippen molar-refractivity contribution in [2.24, 2.45) is 10.8 Å². The zero-order valence-electron chi connectivity index (χ0n) is 32.0. The highest BCUT2D eigenvalue weighted by Crippen LogP contribution is 2.57. The Morgan fingerprint density at radius 2 is 1.11 bits per heavy atom. The molecular weight excluding hydrogens is 745 g/mol. The maximum atomic E-state index is 13.5. The standard InChI is InChI=1S/C40H52N4O5S4/c1-38(2,17-21-50-52-23-19-43(5)6)36(46)41-27-13-15-31-33(25-27)48-34-26-28(42-37(47)39(3,4)18-22-51-53-24-20-44(7)8)14-16-32(34)40(31)30-12-10-9-11-29(30)35(45)49-40/h9-16,25-26H,17-24H2,1-8H3,(H,41,46)(H,42,47). The molecule has 0 fully saturated rings. The number of nitrogens with zero attached hydrogens (tertiary/aromatic N) is 2. The zero-order valence-corrected chi connectivity index (χ0v) is 35.3. The second kappa shape index (κ2) is 17.8. The predicted molar refractivity (Wildman–Crippen MR) is 226 cm³/mol. The minimum Gasteiger partial charge on any atom is -0.456 e. The van der Waals surface area contributed by atoms with E-state index < -0.39 is 22.4 Å². The van der Waals surface area contributed by atoms with Crippen LogP contribution in [0.4, 0.5) is 11.4 Å². The van der Waals surface area contributed by atoms with Crippen LogP contribution in [0.2, 0.25) is 0 Å². The monoisotopic (exact) mass is 796 g/mol. The van der Waals surface area contributed by atoms with Gasteiger partial charge in [0.2, 0.25) is 11.8 Å². The molecule has 0 atom stereocenters. The molecule has 13 heteroatoms. The summed E-state index contributed by atoms with van der Waals surface area (Å²) < 4.78 is 12.9. The average Bonchev–Trinajstić information content (AvgIpc) is 3.39. The van der Waals surface area contributed by atoms with Gasteiger partial charge >= 0.3 is 5.97 Å². The molecule has 0 unspecified atom stereocenters. The largest absolute Gasteiger partial charge is 0.456 e. The fourth-order valence-corrected chi connectivity index (χ4v) is 10.8. The first-order valence-electron chi connectivity index (χ1n) is 17.8. The third-order valence-corrected chi connectivity index (χ3v) is 14.3. The second-order valence-electron chi connectivity index (χ2n) is 15.2. The molecule has 0 bridgehead atoms. The maximum Gasteiger partial charge on any atom is 0.340 e. The van der Waals surface area contributed by atoms with E-state index >= 15 is 0 Å². The van der Waals surface area contributed by atoms with Crippen LogP contribution in [0.5, 0.6) is 11.5 Å². The number of benzene rings is 3. The highest BCUT2D eigenvalue weighted by molar-refractivity contribution is 8.77. The van der Waals surface area contributed by atoms with Crippen LogP contribution < -0.4 is 15.4 Å². The van der Waals surface area contributed by atoms with Crippen LogP contribution in [0.3, 0.4) is 0 Å². The van der Waals surface area contributed by atoms with Crippen molar-refractivity contribution in [3.63, 3.8) is 0 Å². The Labute approximate surface area is 330 Å². The van der Waals surface area contributed by atoms with Gasteiger partial charge in [0.25, 0.3) is 0 Å². The summed E-state index contributed by atoms with van der Waals surface area (Å²) >= 11 is 0. The summed E-state index contributed by atoms with van der Waals surface area (Å²) in [5.74, 6) is 4.11. The zero-order chi connectivity index (χ0) is 38.4. The Morgan fingerprint density at radius 1 is 0.660 bits per heavy atom. The molecule has 0 radical (unpaired) electrons.